The first-order valence-corrected chi connectivity index (χ1v) is 10.4. The highest BCUT2D eigenvalue weighted by molar-refractivity contribution is 6.10. The summed E-state index contributed by atoms with van der Waals surface area (Å²) >= 11 is 0. The minimum Gasteiger partial charge on any atom is -0.371 e. The SMILES string of the molecule is N#Cc1cccc(C2=CC(=O)Nc3cc(N4CCC(c5ccccc5)C4)ccc3N2)c1. The number of fused-ring (bicyclic) bond motifs is 1. The summed E-state index contributed by atoms with van der Waals surface area (Å²) in [4.78, 5) is 14.9. The number of hydrogen-bond donors (Lipinski definition) is 2. The van der Waals surface area contributed by atoms with Crippen LogP contribution in [0.1, 0.15) is 29.0 Å². The van der Waals surface area contributed by atoms with Crippen molar-refractivity contribution in [3.63, 3.8) is 0 Å². The summed E-state index contributed by atoms with van der Waals surface area (Å²) in [6.45, 7) is 1.96. The molecule has 2 aliphatic rings. The standard InChI is InChI=1S/C26H22N4O/c27-16-18-5-4-8-20(13-18)24-15-26(31)29-25-14-22(9-10-23(25)28-24)30-12-11-21(17-30)19-6-2-1-3-7-19/h1-10,13-15,21,28H,11-12,17H2,(H,29,31). The van der Waals surface area contributed by atoms with Gasteiger partial charge in [-0.25, -0.2) is 0 Å². The average molecular weight is 406 g/mol. The Hall–Kier alpha value is -4.04. The lowest BCUT2D eigenvalue weighted by atomic mass is 9.99. The predicted octanol–water partition coefficient (Wildman–Crippen LogP) is 4.96. The lowest BCUT2D eigenvalue weighted by Crippen LogP contribution is -2.19. The first kappa shape index (κ1) is 19.0. The van der Waals surface area contributed by atoms with Gasteiger partial charge in [0.15, 0.2) is 0 Å². The van der Waals surface area contributed by atoms with Crippen LogP contribution in [-0.4, -0.2) is 19.0 Å². The molecule has 5 nitrogen and oxygen atoms in total. The Kier molecular flexibility index (Phi) is 4.89. The minimum atomic E-state index is -0.190. The van der Waals surface area contributed by atoms with Crippen molar-refractivity contribution in [3.05, 3.63) is 95.6 Å². The van der Waals surface area contributed by atoms with E-state index in [4.69, 9.17) is 0 Å². The van der Waals surface area contributed by atoms with Crippen molar-refractivity contribution in [1.29, 1.82) is 5.26 Å². The molecule has 3 aromatic rings. The number of nitriles is 1. The molecule has 1 fully saturated rings. The van der Waals surface area contributed by atoms with E-state index in [1.807, 2.05) is 24.3 Å². The molecule has 1 amide bonds. The molecule has 2 heterocycles. The van der Waals surface area contributed by atoms with Crippen molar-refractivity contribution in [2.45, 2.75) is 12.3 Å². The highest BCUT2D eigenvalue weighted by atomic mass is 16.1. The quantitative estimate of drug-likeness (QED) is 0.645. The summed E-state index contributed by atoms with van der Waals surface area (Å²) in [6, 6.07) is 26.2. The normalized spacial score (nSPS) is 17.6. The lowest BCUT2D eigenvalue weighted by Gasteiger charge is -2.21. The fourth-order valence-corrected chi connectivity index (χ4v) is 4.33. The summed E-state index contributed by atoms with van der Waals surface area (Å²) in [6.07, 6.45) is 2.66. The maximum atomic E-state index is 12.5. The molecule has 0 saturated carbocycles. The highest BCUT2D eigenvalue weighted by Crippen LogP contribution is 2.36. The molecule has 31 heavy (non-hydrogen) atoms. The zero-order chi connectivity index (χ0) is 21.2. The van der Waals surface area contributed by atoms with Crippen molar-refractivity contribution < 1.29 is 4.79 Å². The molecule has 1 saturated heterocycles. The molecule has 0 aromatic heterocycles. The van der Waals surface area contributed by atoms with Crippen LogP contribution < -0.4 is 15.5 Å². The van der Waals surface area contributed by atoms with Crippen molar-refractivity contribution in [2.75, 3.05) is 28.6 Å². The molecule has 1 atom stereocenters. The number of nitrogens with zero attached hydrogens (tertiary/aromatic N) is 2. The molecule has 0 radical (unpaired) electrons. The fourth-order valence-electron chi connectivity index (χ4n) is 4.33. The number of hydrogen-bond acceptors (Lipinski definition) is 4. The Bertz CT molecular complexity index is 1210. The summed E-state index contributed by atoms with van der Waals surface area (Å²) in [5, 5.41) is 15.5. The Morgan fingerprint density at radius 3 is 2.65 bits per heavy atom. The number of amides is 1. The van der Waals surface area contributed by atoms with E-state index >= 15 is 0 Å². The number of nitrogens with one attached hydrogen (secondary N) is 2. The molecule has 0 aliphatic carbocycles. The van der Waals surface area contributed by atoms with Gasteiger partial charge < -0.3 is 15.5 Å². The van der Waals surface area contributed by atoms with Crippen LogP contribution in [0.25, 0.3) is 5.70 Å². The third-order valence-corrected chi connectivity index (χ3v) is 5.93. The summed E-state index contributed by atoms with van der Waals surface area (Å²) in [7, 11) is 0. The van der Waals surface area contributed by atoms with Gasteiger partial charge in [0.05, 0.1) is 28.7 Å². The van der Waals surface area contributed by atoms with Gasteiger partial charge in [0.25, 0.3) is 5.91 Å². The summed E-state index contributed by atoms with van der Waals surface area (Å²) < 4.78 is 0. The molecule has 3 aromatic carbocycles. The maximum absolute atomic E-state index is 12.5. The van der Waals surface area contributed by atoms with Gasteiger partial charge in [-0.1, -0.05) is 42.5 Å². The number of carbonyl (C=O) groups is 1. The van der Waals surface area contributed by atoms with Crippen LogP contribution in [0.5, 0.6) is 0 Å². The number of anilines is 3. The molecule has 2 N–H and O–H groups in total. The van der Waals surface area contributed by atoms with Gasteiger partial charge in [-0.3, -0.25) is 4.79 Å². The second kappa shape index (κ2) is 8.00. The average Bonchev–Trinajstić information content (AvgIpc) is 3.24. The smallest absolute Gasteiger partial charge is 0.250 e. The fraction of sp³-hybridized carbons (Fsp3) is 0.154. The van der Waals surface area contributed by atoms with Crippen LogP contribution in [0.4, 0.5) is 17.1 Å². The topological polar surface area (TPSA) is 68.2 Å². The van der Waals surface area contributed by atoms with Gasteiger partial charge >= 0.3 is 0 Å². The predicted molar refractivity (Wildman–Crippen MR) is 124 cm³/mol. The molecule has 1 unspecified atom stereocenters. The van der Waals surface area contributed by atoms with E-state index in [1.165, 1.54) is 11.6 Å². The lowest BCUT2D eigenvalue weighted by molar-refractivity contribution is -0.111. The number of rotatable bonds is 3. The van der Waals surface area contributed by atoms with Crippen LogP contribution >= 0.6 is 0 Å². The van der Waals surface area contributed by atoms with Crippen LogP contribution in [-0.2, 0) is 4.79 Å². The molecule has 0 spiro atoms. The number of carbonyl (C=O) groups excluding carboxylic acids is 1. The Morgan fingerprint density at radius 2 is 1.81 bits per heavy atom. The van der Waals surface area contributed by atoms with E-state index < -0.39 is 0 Å². The molecule has 2 aliphatic heterocycles. The molecule has 5 rings (SSSR count). The maximum Gasteiger partial charge on any atom is 0.250 e. The zero-order valence-corrected chi connectivity index (χ0v) is 17.0. The van der Waals surface area contributed by atoms with Crippen LogP contribution in [0.15, 0.2) is 78.9 Å². The third kappa shape index (κ3) is 3.88. The minimum absolute atomic E-state index is 0.190. The van der Waals surface area contributed by atoms with Crippen LogP contribution in [0, 0.1) is 11.3 Å². The molecular weight excluding hydrogens is 384 g/mol. The van der Waals surface area contributed by atoms with Crippen molar-refractivity contribution in [3.8, 4) is 6.07 Å². The van der Waals surface area contributed by atoms with Gasteiger partial charge in [-0.05, 0) is 47.9 Å². The van der Waals surface area contributed by atoms with Gasteiger partial charge in [-0.2, -0.15) is 5.26 Å². The Morgan fingerprint density at radius 1 is 0.935 bits per heavy atom. The van der Waals surface area contributed by atoms with Crippen molar-refractivity contribution in [2.24, 2.45) is 0 Å². The van der Waals surface area contributed by atoms with E-state index in [1.54, 1.807) is 12.1 Å². The van der Waals surface area contributed by atoms with Crippen molar-refractivity contribution in [1.82, 2.24) is 0 Å². The second-order valence-electron chi connectivity index (χ2n) is 7.94. The van der Waals surface area contributed by atoms with Crippen molar-refractivity contribution >= 4 is 28.7 Å². The highest BCUT2D eigenvalue weighted by Gasteiger charge is 2.25. The second-order valence-corrected chi connectivity index (χ2v) is 7.94. The van der Waals surface area contributed by atoms with Gasteiger partial charge in [0.1, 0.15) is 0 Å². The van der Waals surface area contributed by atoms with Crippen LogP contribution in [0.3, 0.4) is 0 Å². The first-order valence-electron chi connectivity index (χ1n) is 10.4. The van der Waals surface area contributed by atoms with Crippen LogP contribution in [0.2, 0.25) is 0 Å². The van der Waals surface area contributed by atoms with E-state index in [9.17, 15) is 10.1 Å². The van der Waals surface area contributed by atoms with E-state index in [2.05, 4.69) is 58.0 Å². The number of benzene rings is 3. The van der Waals surface area contributed by atoms with E-state index in [0.29, 0.717) is 17.2 Å². The van der Waals surface area contributed by atoms with Gasteiger partial charge in [0.2, 0.25) is 0 Å². The largest absolute Gasteiger partial charge is 0.371 e. The van der Waals surface area contributed by atoms with E-state index in [0.717, 1.165) is 42.1 Å². The summed E-state index contributed by atoms with van der Waals surface area (Å²) in [5.41, 5.74) is 6.11. The zero-order valence-electron chi connectivity index (χ0n) is 17.0. The Balaban J connectivity index is 1.38. The molecule has 5 heteroatoms. The molecular formula is C26H22N4O. The van der Waals surface area contributed by atoms with Gasteiger partial charge in [0, 0.05) is 30.8 Å². The monoisotopic (exact) mass is 406 g/mol. The van der Waals surface area contributed by atoms with Gasteiger partial charge in [-0.15, -0.1) is 0 Å². The first-order chi connectivity index (χ1) is 15.2. The molecule has 152 valence electrons. The summed E-state index contributed by atoms with van der Waals surface area (Å²) in [5.74, 6) is 0.331. The third-order valence-electron chi connectivity index (χ3n) is 5.93. The Labute approximate surface area is 181 Å². The molecule has 0 bridgehead atoms. The van der Waals surface area contributed by atoms with E-state index in [-0.39, 0.29) is 5.91 Å².